The Kier molecular flexibility index (Phi) is 2.91. The fourth-order valence-corrected chi connectivity index (χ4v) is 8.23. The van der Waals surface area contributed by atoms with Crippen LogP contribution in [0.5, 0.6) is 0 Å². The average molecular weight is 427 g/mol. The molecule has 0 unspecified atom stereocenters. The van der Waals surface area contributed by atoms with Gasteiger partial charge in [0.05, 0.1) is 0 Å². The van der Waals surface area contributed by atoms with Gasteiger partial charge in [0.25, 0.3) is 0 Å². The third-order valence-electron chi connectivity index (χ3n) is 6.53. The molecule has 2 aromatic heterocycles. The Bertz CT molecular complexity index is 1270. The molecule has 4 nitrogen and oxygen atoms in total. The van der Waals surface area contributed by atoms with E-state index in [1.165, 1.54) is 0 Å². The molecule has 7 rings (SSSR count). The van der Waals surface area contributed by atoms with Crippen molar-refractivity contribution < 1.29 is 9.59 Å². The lowest BCUT2D eigenvalue weighted by molar-refractivity contribution is -0.119. The SMILES string of the molecule is O=C1Nc2ccccc2C12c1ccc(s1)C1(C(=O)Nc3ccccc31)c1ccc2s1. The first-order valence-electron chi connectivity index (χ1n) is 9.70. The second-order valence-corrected chi connectivity index (χ2v) is 9.99. The van der Waals surface area contributed by atoms with Crippen LogP contribution in [0.4, 0.5) is 11.4 Å². The molecule has 0 atom stereocenters. The molecule has 2 N–H and O–H groups in total. The number of fused-ring (bicyclic) bond motifs is 12. The van der Waals surface area contributed by atoms with E-state index in [1.54, 1.807) is 22.7 Å². The molecule has 0 saturated carbocycles. The first-order chi connectivity index (χ1) is 14.7. The largest absolute Gasteiger partial charge is 0.324 e. The third-order valence-corrected chi connectivity index (χ3v) is 9.18. The van der Waals surface area contributed by atoms with Gasteiger partial charge in [-0.25, -0.2) is 0 Å². The minimum atomic E-state index is -0.862. The van der Waals surface area contributed by atoms with Gasteiger partial charge < -0.3 is 10.6 Å². The number of hydrogen-bond acceptors (Lipinski definition) is 4. The molecule has 4 bridgehead atoms. The highest BCUT2D eigenvalue weighted by Crippen LogP contribution is 2.59. The van der Waals surface area contributed by atoms with Crippen molar-refractivity contribution in [1.82, 2.24) is 0 Å². The maximum absolute atomic E-state index is 13.5. The molecule has 0 fully saturated rings. The molecule has 3 aliphatic rings. The minimum Gasteiger partial charge on any atom is -0.324 e. The van der Waals surface area contributed by atoms with Gasteiger partial charge in [-0.05, 0) is 36.4 Å². The monoisotopic (exact) mass is 426 g/mol. The fourth-order valence-electron chi connectivity index (χ4n) is 5.22. The van der Waals surface area contributed by atoms with Gasteiger partial charge in [0, 0.05) is 42.0 Å². The number of carbonyl (C=O) groups excluding carboxylic acids is 2. The highest BCUT2D eigenvalue weighted by Gasteiger charge is 2.57. The number of amides is 2. The van der Waals surface area contributed by atoms with Crippen LogP contribution in [0.1, 0.15) is 30.6 Å². The Morgan fingerprint density at radius 1 is 0.533 bits per heavy atom. The van der Waals surface area contributed by atoms with E-state index in [9.17, 15) is 9.59 Å². The van der Waals surface area contributed by atoms with Crippen LogP contribution in [0.2, 0.25) is 0 Å². The van der Waals surface area contributed by atoms with Gasteiger partial charge in [-0.1, -0.05) is 36.4 Å². The van der Waals surface area contributed by atoms with E-state index in [0.29, 0.717) is 0 Å². The molecular formula is C24H14N2O2S2. The average Bonchev–Trinajstić information content (AvgIpc) is 3.51. The first-order valence-corrected chi connectivity index (χ1v) is 11.3. The molecule has 5 heterocycles. The van der Waals surface area contributed by atoms with Crippen molar-refractivity contribution in [1.29, 1.82) is 0 Å². The van der Waals surface area contributed by atoms with Gasteiger partial charge in [-0.15, -0.1) is 22.7 Å². The van der Waals surface area contributed by atoms with Crippen LogP contribution in [0.15, 0.2) is 72.8 Å². The molecule has 2 spiro atoms. The number of para-hydroxylation sites is 2. The number of anilines is 2. The van der Waals surface area contributed by atoms with Gasteiger partial charge in [0.2, 0.25) is 11.8 Å². The van der Waals surface area contributed by atoms with Crippen LogP contribution in [0.3, 0.4) is 0 Å². The molecule has 6 heteroatoms. The highest BCUT2D eigenvalue weighted by molar-refractivity contribution is 7.16. The molecule has 2 aromatic carbocycles. The van der Waals surface area contributed by atoms with Gasteiger partial charge in [0.1, 0.15) is 10.8 Å². The predicted molar refractivity (Wildman–Crippen MR) is 119 cm³/mol. The van der Waals surface area contributed by atoms with Gasteiger partial charge in [-0.2, -0.15) is 0 Å². The summed E-state index contributed by atoms with van der Waals surface area (Å²) in [7, 11) is 0. The van der Waals surface area contributed by atoms with Crippen molar-refractivity contribution in [2.75, 3.05) is 10.6 Å². The molecule has 4 aromatic rings. The summed E-state index contributed by atoms with van der Waals surface area (Å²) in [6, 6.07) is 23.9. The number of carbonyl (C=O) groups is 2. The van der Waals surface area contributed by atoms with Crippen molar-refractivity contribution in [2.24, 2.45) is 0 Å². The van der Waals surface area contributed by atoms with Crippen LogP contribution in [-0.4, -0.2) is 11.8 Å². The fraction of sp³-hybridized carbons (Fsp3) is 0.0833. The lowest BCUT2D eigenvalue weighted by atomic mass is 9.76. The third kappa shape index (κ3) is 1.63. The Morgan fingerprint density at radius 3 is 1.30 bits per heavy atom. The molecule has 0 radical (unpaired) electrons. The zero-order valence-electron chi connectivity index (χ0n) is 15.6. The van der Waals surface area contributed by atoms with Crippen LogP contribution in [-0.2, 0) is 20.4 Å². The molecular weight excluding hydrogens is 412 g/mol. The Hall–Kier alpha value is -3.22. The van der Waals surface area contributed by atoms with Crippen molar-refractivity contribution in [2.45, 2.75) is 10.8 Å². The van der Waals surface area contributed by atoms with E-state index < -0.39 is 10.8 Å². The predicted octanol–water partition coefficient (Wildman–Crippen LogP) is 4.70. The van der Waals surface area contributed by atoms with E-state index in [0.717, 1.165) is 42.0 Å². The summed E-state index contributed by atoms with van der Waals surface area (Å²) in [5.74, 6) is -0.0598. The lowest BCUT2D eigenvalue weighted by Gasteiger charge is -2.29. The van der Waals surface area contributed by atoms with Crippen molar-refractivity contribution in [3.8, 4) is 0 Å². The second-order valence-electron chi connectivity index (χ2n) is 7.83. The summed E-state index contributed by atoms with van der Waals surface area (Å²) in [5, 5.41) is 6.17. The first kappa shape index (κ1) is 16.6. The number of nitrogens with one attached hydrogen (secondary N) is 2. The van der Waals surface area contributed by atoms with Gasteiger partial charge >= 0.3 is 0 Å². The molecule has 30 heavy (non-hydrogen) atoms. The smallest absolute Gasteiger partial charge is 0.245 e. The zero-order chi connectivity index (χ0) is 20.1. The van der Waals surface area contributed by atoms with Crippen LogP contribution >= 0.6 is 22.7 Å². The summed E-state index contributed by atoms with van der Waals surface area (Å²) < 4.78 is 0. The standard InChI is InChI=1S/C24H14N2O2S2/c27-21-23(13-5-1-3-7-15(13)25-21)17-9-11-19(29-17)24(20-12-10-18(23)30-20)14-6-2-4-8-16(14)26-22(24)28/h1-12H,(H,25,27)(H,26,28). The summed E-state index contributed by atoms with van der Waals surface area (Å²) in [6.45, 7) is 0. The number of thiophene rings is 2. The van der Waals surface area contributed by atoms with Gasteiger partial charge in [0.15, 0.2) is 0 Å². The van der Waals surface area contributed by atoms with E-state index in [1.807, 2.05) is 72.8 Å². The lowest BCUT2D eigenvalue weighted by Crippen LogP contribution is -2.37. The van der Waals surface area contributed by atoms with Crippen LogP contribution in [0.25, 0.3) is 0 Å². The minimum absolute atomic E-state index is 0.0299. The molecule has 3 aliphatic heterocycles. The summed E-state index contributed by atoms with van der Waals surface area (Å²) in [5.41, 5.74) is 1.93. The summed E-state index contributed by atoms with van der Waals surface area (Å²) >= 11 is 3.13. The van der Waals surface area contributed by atoms with E-state index in [2.05, 4.69) is 10.6 Å². The normalized spacial score (nSPS) is 24.9. The van der Waals surface area contributed by atoms with Crippen molar-refractivity contribution in [3.63, 3.8) is 0 Å². The Labute approximate surface area is 180 Å². The quantitative estimate of drug-likeness (QED) is 0.428. The van der Waals surface area contributed by atoms with Crippen LogP contribution in [0, 0.1) is 0 Å². The molecule has 0 saturated heterocycles. The van der Waals surface area contributed by atoms with E-state index in [-0.39, 0.29) is 11.8 Å². The van der Waals surface area contributed by atoms with Crippen molar-refractivity contribution in [3.05, 3.63) is 103 Å². The molecule has 2 amide bonds. The number of benzene rings is 2. The molecule has 0 aliphatic carbocycles. The maximum Gasteiger partial charge on any atom is 0.245 e. The zero-order valence-corrected chi connectivity index (χ0v) is 17.2. The van der Waals surface area contributed by atoms with E-state index in [4.69, 9.17) is 0 Å². The number of rotatable bonds is 0. The maximum atomic E-state index is 13.5. The van der Waals surface area contributed by atoms with Crippen LogP contribution < -0.4 is 10.6 Å². The highest BCUT2D eigenvalue weighted by atomic mass is 32.1. The second kappa shape index (κ2) is 5.28. The van der Waals surface area contributed by atoms with E-state index >= 15 is 0 Å². The van der Waals surface area contributed by atoms with Gasteiger partial charge in [-0.3, -0.25) is 9.59 Å². The Morgan fingerprint density at radius 2 is 0.900 bits per heavy atom. The Balaban J connectivity index is 1.59. The number of hydrogen-bond donors (Lipinski definition) is 2. The summed E-state index contributed by atoms with van der Waals surface area (Å²) in [6.07, 6.45) is 0. The topological polar surface area (TPSA) is 58.2 Å². The van der Waals surface area contributed by atoms with Crippen molar-refractivity contribution >= 4 is 45.9 Å². The molecule has 144 valence electrons. The summed E-state index contributed by atoms with van der Waals surface area (Å²) in [4.78, 5) is 30.8.